The second kappa shape index (κ2) is 11.4. The lowest BCUT2D eigenvalue weighted by Gasteiger charge is -2.07. The van der Waals surface area contributed by atoms with Gasteiger partial charge >= 0.3 is 0 Å². The predicted molar refractivity (Wildman–Crippen MR) is 108 cm³/mol. The highest BCUT2D eigenvalue weighted by molar-refractivity contribution is 8.18. The van der Waals surface area contributed by atoms with Gasteiger partial charge in [-0.25, -0.2) is 4.99 Å². The zero-order valence-electron chi connectivity index (χ0n) is 15.1. The summed E-state index contributed by atoms with van der Waals surface area (Å²) in [7, 11) is 1.68. The molecule has 134 valence electrons. The number of thioether (sulfide) groups is 1. The van der Waals surface area contributed by atoms with Crippen LogP contribution in [0.2, 0.25) is 0 Å². The molecule has 0 radical (unpaired) electrons. The Hall–Kier alpha value is -2.11. The van der Waals surface area contributed by atoms with E-state index in [-0.39, 0.29) is 5.82 Å². The first-order valence-corrected chi connectivity index (χ1v) is 8.94. The summed E-state index contributed by atoms with van der Waals surface area (Å²) in [6.45, 7) is 8.44. The molecule has 4 nitrogen and oxygen atoms in total. The number of aldehydes is 1. The summed E-state index contributed by atoms with van der Waals surface area (Å²) in [5, 5.41) is 0.759. The van der Waals surface area contributed by atoms with Gasteiger partial charge in [-0.3, -0.25) is 4.79 Å². The van der Waals surface area contributed by atoms with Gasteiger partial charge in [-0.15, -0.1) is 0 Å². The van der Waals surface area contributed by atoms with Crippen molar-refractivity contribution in [3.8, 4) is 0 Å². The molecule has 1 aromatic rings. The van der Waals surface area contributed by atoms with E-state index < -0.39 is 0 Å². The molecule has 0 atom stereocenters. The summed E-state index contributed by atoms with van der Waals surface area (Å²) < 4.78 is 4.54. The number of nitrogens with two attached hydrogens (primary N) is 1. The number of carbonyl (C=O) groups is 1. The Labute approximate surface area is 154 Å². The van der Waals surface area contributed by atoms with Crippen molar-refractivity contribution in [1.82, 2.24) is 0 Å². The van der Waals surface area contributed by atoms with Crippen LogP contribution in [0.15, 0.2) is 69.9 Å². The first-order valence-electron chi connectivity index (χ1n) is 8.12. The Bertz CT molecular complexity index is 674. The quantitative estimate of drug-likeness (QED) is 0.772. The minimum atomic E-state index is 0.256. The molecule has 1 heterocycles. The predicted octanol–water partition coefficient (Wildman–Crippen LogP) is 4.25. The molecule has 0 aliphatic carbocycles. The summed E-state index contributed by atoms with van der Waals surface area (Å²) >= 11 is 1.34. The molecule has 25 heavy (non-hydrogen) atoms. The van der Waals surface area contributed by atoms with E-state index in [0.717, 1.165) is 36.4 Å². The normalized spacial score (nSPS) is 16.8. The summed E-state index contributed by atoms with van der Waals surface area (Å²) in [4.78, 5) is 15.8. The van der Waals surface area contributed by atoms with E-state index in [2.05, 4.69) is 35.4 Å². The largest absolute Gasteiger partial charge is 0.385 e. The monoisotopic (exact) mass is 358 g/mol. The fourth-order valence-corrected chi connectivity index (χ4v) is 3.04. The van der Waals surface area contributed by atoms with Gasteiger partial charge in [-0.1, -0.05) is 54.2 Å². The molecule has 0 aromatic heterocycles. The van der Waals surface area contributed by atoms with Crippen molar-refractivity contribution in [2.24, 2.45) is 10.7 Å². The number of nitrogens with zero attached hydrogens (tertiary/aromatic N) is 1. The van der Waals surface area contributed by atoms with Crippen molar-refractivity contribution in [3.05, 3.63) is 70.4 Å². The molecule has 1 aromatic carbocycles. The van der Waals surface area contributed by atoms with Crippen LogP contribution in [0.4, 0.5) is 0 Å². The average molecular weight is 359 g/mol. The van der Waals surface area contributed by atoms with Gasteiger partial charge in [0.25, 0.3) is 0 Å². The number of aliphatic imine (C=N–C) groups is 1. The second-order valence-electron chi connectivity index (χ2n) is 5.43. The molecule has 0 fully saturated rings. The number of hydrogen-bond acceptors (Lipinski definition) is 5. The molecule has 0 amide bonds. The Morgan fingerprint density at radius 2 is 2.00 bits per heavy atom. The lowest BCUT2D eigenvalue weighted by Crippen LogP contribution is -2.00. The number of carbonyl (C=O) groups excluding carboxylic acids is 1. The van der Waals surface area contributed by atoms with Crippen LogP contribution < -0.4 is 5.73 Å². The molecule has 0 bridgehead atoms. The lowest BCUT2D eigenvalue weighted by atomic mass is 10.0. The lowest BCUT2D eigenvalue weighted by molar-refractivity contribution is -0.104. The Morgan fingerprint density at radius 3 is 2.52 bits per heavy atom. The van der Waals surface area contributed by atoms with Gasteiger partial charge < -0.3 is 10.5 Å². The van der Waals surface area contributed by atoms with E-state index in [1.807, 2.05) is 31.2 Å². The van der Waals surface area contributed by atoms with Crippen molar-refractivity contribution in [3.63, 3.8) is 0 Å². The van der Waals surface area contributed by atoms with Crippen molar-refractivity contribution in [1.29, 1.82) is 0 Å². The molecule has 1 aliphatic heterocycles. The van der Waals surface area contributed by atoms with Crippen LogP contribution in [-0.2, 0) is 16.0 Å². The standard InChI is InChI=1S/C17H18N2OS.C3H8O/c1-12(8-9-14-6-4-3-5-7-14)16-10-15(11-20)21-17(16)19-13(2)18;1-3-4-2/h3-7,10-11H,2,8-9,18H2,1H3;3H2,1-2H3/b16-12+,19-17+;. The smallest absolute Gasteiger partial charge is 0.156 e. The summed E-state index contributed by atoms with van der Waals surface area (Å²) in [5.74, 6) is 0.256. The SMILES string of the molecule is C=C(N)/N=C1/SC(C=O)=C/C1=C(/C)CCc1ccccc1.CCOC. The Kier molecular flexibility index (Phi) is 9.58. The third-order valence-corrected chi connectivity index (χ3v) is 4.43. The maximum Gasteiger partial charge on any atom is 0.156 e. The minimum Gasteiger partial charge on any atom is -0.385 e. The topological polar surface area (TPSA) is 64.7 Å². The number of ether oxygens (including phenoxy) is 1. The van der Waals surface area contributed by atoms with Crippen molar-refractivity contribution < 1.29 is 9.53 Å². The third kappa shape index (κ3) is 7.54. The fraction of sp³-hybridized carbons (Fsp3) is 0.300. The zero-order valence-corrected chi connectivity index (χ0v) is 15.9. The van der Waals surface area contributed by atoms with Crippen molar-refractivity contribution in [2.75, 3.05) is 13.7 Å². The number of hydrogen-bond donors (Lipinski definition) is 1. The van der Waals surface area contributed by atoms with Crippen LogP contribution >= 0.6 is 11.8 Å². The Morgan fingerprint density at radius 1 is 1.36 bits per heavy atom. The number of aryl methyl sites for hydroxylation is 1. The zero-order chi connectivity index (χ0) is 18.7. The van der Waals surface area contributed by atoms with Crippen LogP contribution in [0.25, 0.3) is 0 Å². The van der Waals surface area contributed by atoms with E-state index in [9.17, 15) is 4.79 Å². The molecule has 0 saturated heterocycles. The molecule has 0 saturated carbocycles. The number of rotatable bonds is 6. The number of benzene rings is 1. The van der Waals surface area contributed by atoms with Crippen LogP contribution in [0.3, 0.4) is 0 Å². The highest BCUT2D eigenvalue weighted by atomic mass is 32.2. The van der Waals surface area contributed by atoms with Crippen LogP contribution in [0.5, 0.6) is 0 Å². The first-order chi connectivity index (χ1) is 12.0. The molecule has 1 aliphatic rings. The average Bonchev–Trinajstić information content (AvgIpc) is 3.03. The van der Waals surface area contributed by atoms with Crippen LogP contribution in [0, 0.1) is 0 Å². The summed E-state index contributed by atoms with van der Waals surface area (Å²) in [6.07, 6.45) is 4.59. The molecule has 5 heteroatoms. The van der Waals surface area contributed by atoms with E-state index in [4.69, 9.17) is 5.73 Å². The van der Waals surface area contributed by atoms with Gasteiger partial charge in [0, 0.05) is 19.3 Å². The van der Waals surface area contributed by atoms with E-state index in [1.165, 1.54) is 22.9 Å². The molecule has 0 spiro atoms. The van der Waals surface area contributed by atoms with Gasteiger partial charge in [-0.2, -0.15) is 0 Å². The van der Waals surface area contributed by atoms with Gasteiger partial charge in [0.15, 0.2) is 6.29 Å². The van der Waals surface area contributed by atoms with Gasteiger partial charge in [0.05, 0.1) is 4.91 Å². The highest BCUT2D eigenvalue weighted by Gasteiger charge is 2.19. The number of allylic oxidation sites excluding steroid dienone is 3. The molecule has 2 N–H and O–H groups in total. The van der Waals surface area contributed by atoms with Gasteiger partial charge in [0.1, 0.15) is 10.9 Å². The highest BCUT2D eigenvalue weighted by Crippen LogP contribution is 2.33. The molecule has 2 rings (SSSR count). The fourth-order valence-electron chi connectivity index (χ4n) is 2.09. The maximum atomic E-state index is 11.0. The third-order valence-electron chi connectivity index (χ3n) is 3.47. The second-order valence-corrected chi connectivity index (χ2v) is 6.49. The first kappa shape index (κ1) is 20.9. The van der Waals surface area contributed by atoms with Gasteiger partial charge in [0.2, 0.25) is 0 Å². The maximum absolute atomic E-state index is 11.0. The van der Waals surface area contributed by atoms with Gasteiger partial charge in [-0.05, 0) is 38.3 Å². The van der Waals surface area contributed by atoms with E-state index >= 15 is 0 Å². The molecular weight excluding hydrogens is 332 g/mol. The van der Waals surface area contributed by atoms with E-state index in [0.29, 0.717) is 4.91 Å². The minimum absolute atomic E-state index is 0.256. The van der Waals surface area contributed by atoms with Crippen molar-refractivity contribution >= 4 is 23.1 Å². The summed E-state index contributed by atoms with van der Waals surface area (Å²) in [6, 6.07) is 10.3. The molecule has 0 unspecified atom stereocenters. The van der Waals surface area contributed by atoms with Crippen LogP contribution in [-0.4, -0.2) is 25.0 Å². The number of methoxy groups -OCH3 is 1. The van der Waals surface area contributed by atoms with Crippen molar-refractivity contribution in [2.45, 2.75) is 26.7 Å². The summed E-state index contributed by atoms with van der Waals surface area (Å²) in [5.41, 5.74) is 9.04. The van der Waals surface area contributed by atoms with E-state index in [1.54, 1.807) is 7.11 Å². The van der Waals surface area contributed by atoms with Crippen LogP contribution in [0.1, 0.15) is 25.8 Å². The Balaban J connectivity index is 0.000000705. The molecular formula is C20H26N2O2S.